The lowest BCUT2D eigenvalue weighted by molar-refractivity contribution is 0.275. The van der Waals surface area contributed by atoms with Crippen LogP contribution in [-0.4, -0.2) is 10.1 Å². The first-order valence-corrected chi connectivity index (χ1v) is 4.62. The van der Waals surface area contributed by atoms with Crippen LogP contribution in [0.25, 0.3) is 11.1 Å². The van der Waals surface area contributed by atoms with Gasteiger partial charge in [-0.05, 0) is 17.2 Å². The lowest BCUT2D eigenvalue weighted by Gasteiger charge is -2.03. The van der Waals surface area contributed by atoms with Crippen LogP contribution in [0.4, 0.5) is 4.39 Å². The molecule has 0 aliphatic carbocycles. The molecule has 76 valence electrons. The Morgan fingerprint density at radius 1 is 1.07 bits per heavy atom. The van der Waals surface area contributed by atoms with E-state index in [1.54, 1.807) is 6.07 Å². The van der Waals surface area contributed by atoms with E-state index in [4.69, 9.17) is 5.11 Å². The normalized spacial score (nSPS) is 10.3. The fourth-order valence-electron chi connectivity index (χ4n) is 1.43. The second-order valence-electron chi connectivity index (χ2n) is 3.19. The summed E-state index contributed by atoms with van der Waals surface area (Å²) in [6, 6.07) is 12.5. The smallest absolute Gasteiger partial charge is 0.213 e. The van der Waals surface area contributed by atoms with Crippen LogP contribution in [0.5, 0.6) is 0 Å². The van der Waals surface area contributed by atoms with Crippen molar-refractivity contribution in [2.45, 2.75) is 6.61 Å². The third kappa shape index (κ3) is 2.19. The highest BCUT2D eigenvalue weighted by Crippen LogP contribution is 2.20. The van der Waals surface area contributed by atoms with E-state index in [9.17, 15) is 4.39 Å². The van der Waals surface area contributed by atoms with Gasteiger partial charge in [-0.25, -0.2) is 4.98 Å². The molecule has 0 aliphatic rings. The van der Waals surface area contributed by atoms with Gasteiger partial charge in [0.05, 0.1) is 12.3 Å². The largest absolute Gasteiger partial charge is 0.390 e. The first kappa shape index (κ1) is 9.80. The summed E-state index contributed by atoms with van der Waals surface area (Å²) in [5.41, 5.74) is 1.98. The van der Waals surface area contributed by atoms with Crippen LogP contribution >= 0.6 is 0 Å². The molecule has 0 saturated heterocycles. The molecule has 0 bridgehead atoms. The highest BCUT2D eigenvalue weighted by atomic mass is 19.1. The monoisotopic (exact) mass is 203 g/mol. The summed E-state index contributed by atoms with van der Waals surface area (Å²) in [5.74, 6) is -0.569. The molecular weight excluding hydrogens is 193 g/mol. The van der Waals surface area contributed by atoms with Crippen LogP contribution in [0.2, 0.25) is 0 Å². The molecule has 0 aliphatic heterocycles. The third-order valence-corrected chi connectivity index (χ3v) is 2.12. The van der Waals surface area contributed by atoms with E-state index >= 15 is 0 Å². The SMILES string of the molecule is OCc1cc(-c2ccccc2)cc(F)n1. The lowest BCUT2D eigenvalue weighted by Crippen LogP contribution is -1.93. The van der Waals surface area contributed by atoms with E-state index in [0.717, 1.165) is 11.1 Å². The van der Waals surface area contributed by atoms with Crippen LogP contribution in [0.1, 0.15) is 5.69 Å². The van der Waals surface area contributed by atoms with E-state index in [2.05, 4.69) is 4.98 Å². The molecule has 1 aromatic heterocycles. The molecule has 3 heteroatoms. The number of aliphatic hydroxyl groups excluding tert-OH is 1. The third-order valence-electron chi connectivity index (χ3n) is 2.12. The second-order valence-corrected chi connectivity index (χ2v) is 3.19. The quantitative estimate of drug-likeness (QED) is 0.760. The van der Waals surface area contributed by atoms with Crippen LogP contribution in [0.15, 0.2) is 42.5 Å². The average Bonchev–Trinajstić information content (AvgIpc) is 2.29. The molecule has 0 saturated carbocycles. The molecule has 15 heavy (non-hydrogen) atoms. The van der Waals surface area contributed by atoms with Crippen LogP contribution in [0, 0.1) is 5.95 Å². The predicted octanol–water partition coefficient (Wildman–Crippen LogP) is 2.38. The maximum atomic E-state index is 13.1. The van der Waals surface area contributed by atoms with Crippen molar-refractivity contribution >= 4 is 0 Å². The van der Waals surface area contributed by atoms with Gasteiger partial charge in [0.2, 0.25) is 5.95 Å². The Morgan fingerprint density at radius 3 is 2.47 bits per heavy atom. The zero-order chi connectivity index (χ0) is 10.7. The summed E-state index contributed by atoms with van der Waals surface area (Å²) in [6.45, 7) is -0.252. The molecule has 0 amide bonds. The second kappa shape index (κ2) is 4.19. The maximum Gasteiger partial charge on any atom is 0.213 e. The van der Waals surface area contributed by atoms with Crippen molar-refractivity contribution in [3.05, 3.63) is 54.1 Å². The molecule has 0 unspecified atom stereocenters. The molecule has 1 heterocycles. The van der Waals surface area contributed by atoms with Gasteiger partial charge in [0.25, 0.3) is 0 Å². The summed E-state index contributed by atoms with van der Waals surface area (Å²) in [4.78, 5) is 3.56. The van der Waals surface area contributed by atoms with Gasteiger partial charge >= 0.3 is 0 Å². The average molecular weight is 203 g/mol. The van der Waals surface area contributed by atoms with Crippen LogP contribution in [0.3, 0.4) is 0 Å². The Balaban J connectivity index is 2.49. The molecule has 0 radical (unpaired) electrons. The van der Waals surface area contributed by atoms with Gasteiger partial charge in [-0.15, -0.1) is 0 Å². The summed E-state index contributed by atoms with van der Waals surface area (Å²) in [5, 5.41) is 8.90. The number of rotatable bonds is 2. The molecule has 2 aromatic rings. The number of halogens is 1. The van der Waals surface area contributed by atoms with Crippen molar-refractivity contribution < 1.29 is 9.50 Å². The van der Waals surface area contributed by atoms with E-state index in [1.807, 2.05) is 30.3 Å². The Morgan fingerprint density at radius 2 is 1.80 bits per heavy atom. The molecule has 1 N–H and O–H groups in total. The van der Waals surface area contributed by atoms with Crippen molar-refractivity contribution in [3.63, 3.8) is 0 Å². The first-order chi connectivity index (χ1) is 7.29. The summed E-state index contributed by atoms with van der Waals surface area (Å²) < 4.78 is 13.1. The van der Waals surface area contributed by atoms with Crippen LogP contribution in [-0.2, 0) is 6.61 Å². The number of hydrogen-bond acceptors (Lipinski definition) is 2. The van der Waals surface area contributed by atoms with Gasteiger partial charge in [0, 0.05) is 6.07 Å². The number of aliphatic hydroxyl groups is 1. The van der Waals surface area contributed by atoms with Crippen molar-refractivity contribution in [1.82, 2.24) is 4.98 Å². The highest BCUT2D eigenvalue weighted by molar-refractivity contribution is 5.63. The highest BCUT2D eigenvalue weighted by Gasteiger charge is 2.03. The topological polar surface area (TPSA) is 33.1 Å². The Kier molecular flexibility index (Phi) is 2.74. The zero-order valence-corrected chi connectivity index (χ0v) is 8.02. The Hall–Kier alpha value is -1.74. The Bertz CT molecular complexity index is 456. The van der Waals surface area contributed by atoms with Gasteiger partial charge < -0.3 is 5.11 Å². The zero-order valence-electron chi connectivity index (χ0n) is 8.02. The molecule has 0 spiro atoms. The van der Waals surface area contributed by atoms with Gasteiger partial charge in [0.1, 0.15) is 0 Å². The van der Waals surface area contributed by atoms with Crippen molar-refractivity contribution in [1.29, 1.82) is 0 Å². The van der Waals surface area contributed by atoms with Crippen LogP contribution < -0.4 is 0 Å². The van der Waals surface area contributed by atoms with Gasteiger partial charge in [-0.2, -0.15) is 4.39 Å². The maximum absolute atomic E-state index is 13.1. The van der Waals surface area contributed by atoms with Crippen molar-refractivity contribution in [3.8, 4) is 11.1 Å². The molecule has 2 nitrogen and oxygen atoms in total. The van der Waals surface area contributed by atoms with E-state index < -0.39 is 5.95 Å². The predicted molar refractivity (Wildman–Crippen MR) is 55.6 cm³/mol. The van der Waals surface area contributed by atoms with E-state index in [0.29, 0.717) is 5.69 Å². The van der Waals surface area contributed by atoms with Gasteiger partial charge in [-0.1, -0.05) is 30.3 Å². The summed E-state index contributed by atoms with van der Waals surface area (Å²) in [6.07, 6.45) is 0. The fraction of sp³-hybridized carbons (Fsp3) is 0.0833. The molecule has 1 aromatic carbocycles. The van der Waals surface area contributed by atoms with Crippen molar-refractivity contribution in [2.75, 3.05) is 0 Å². The number of hydrogen-bond donors (Lipinski definition) is 1. The molecular formula is C12H10FNO. The fourth-order valence-corrected chi connectivity index (χ4v) is 1.43. The number of benzene rings is 1. The van der Waals surface area contributed by atoms with E-state index in [-0.39, 0.29) is 6.61 Å². The van der Waals surface area contributed by atoms with Gasteiger partial charge in [-0.3, -0.25) is 0 Å². The Labute approximate surface area is 87.0 Å². The summed E-state index contributed by atoms with van der Waals surface area (Å²) in [7, 11) is 0. The molecule has 0 fully saturated rings. The lowest BCUT2D eigenvalue weighted by atomic mass is 10.1. The number of aromatic nitrogens is 1. The molecule has 2 rings (SSSR count). The van der Waals surface area contributed by atoms with E-state index in [1.165, 1.54) is 6.07 Å². The number of pyridine rings is 1. The minimum atomic E-state index is -0.569. The van der Waals surface area contributed by atoms with Gasteiger partial charge in [0.15, 0.2) is 0 Å². The summed E-state index contributed by atoms with van der Waals surface area (Å²) >= 11 is 0. The minimum Gasteiger partial charge on any atom is -0.390 e. The minimum absolute atomic E-state index is 0.252. The first-order valence-electron chi connectivity index (χ1n) is 4.62. The molecule has 0 atom stereocenters. The standard InChI is InChI=1S/C12H10FNO/c13-12-7-10(6-11(8-15)14-12)9-4-2-1-3-5-9/h1-7,15H,8H2. The van der Waals surface area contributed by atoms with Crippen molar-refractivity contribution in [2.24, 2.45) is 0 Å². The number of nitrogens with zero attached hydrogens (tertiary/aromatic N) is 1.